The van der Waals surface area contributed by atoms with Crippen molar-refractivity contribution < 1.29 is 17.9 Å². The number of hydrogen-bond donors (Lipinski definition) is 0. The summed E-state index contributed by atoms with van der Waals surface area (Å²) in [4.78, 5) is 0. The highest BCUT2D eigenvalue weighted by atomic mass is 19.4. The van der Waals surface area contributed by atoms with E-state index in [1.807, 2.05) is 18.2 Å². The van der Waals surface area contributed by atoms with Gasteiger partial charge in [-0.3, -0.25) is 0 Å². The molecule has 0 heterocycles. The third-order valence-electron chi connectivity index (χ3n) is 7.85. The first kappa shape index (κ1) is 23.8. The average Bonchev–Trinajstić information content (AvgIpc) is 2.97. The molecular weight excluding hydrogens is 493 g/mol. The number of allylic oxidation sites excluding steroid dienone is 8. The predicted molar refractivity (Wildman–Crippen MR) is 154 cm³/mol. The maximum Gasteiger partial charge on any atom is 0.412 e. The van der Waals surface area contributed by atoms with Gasteiger partial charge in [0.05, 0.1) is 0 Å². The van der Waals surface area contributed by atoms with Crippen molar-refractivity contribution in [3.05, 3.63) is 120 Å². The number of ether oxygens (including phenoxy) is 1. The summed E-state index contributed by atoms with van der Waals surface area (Å²) in [5.41, 5.74) is 4.26. The van der Waals surface area contributed by atoms with E-state index >= 15 is 0 Å². The van der Waals surface area contributed by atoms with E-state index in [2.05, 4.69) is 72.8 Å². The second kappa shape index (κ2) is 9.16. The molecule has 0 bridgehead atoms. The van der Waals surface area contributed by atoms with Gasteiger partial charge in [-0.05, 0) is 87.3 Å². The maximum atomic E-state index is 13.1. The van der Waals surface area contributed by atoms with Gasteiger partial charge in [0.25, 0.3) is 0 Å². The largest absolute Gasteiger partial charge is 0.461 e. The van der Waals surface area contributed by atoms with Crippen molar-refractivity contribution in [1.29, 1.82) is 0 Å². The van der Waals surface area contributed by atoms with E-state index in [9.17, 15) is 13.2 Å². The Bertz CT molecular complexity index is 1850. The van der Waals surface area contributed by atoms with Crippen LogP contribution >= 0.6 is 0 Å². The van der Waals surface area contributed by atoms with E-state index < -0.39 is 11.7 Å². The van der Waals surface area contributed by atoms with Crippen LogP contribution in [0.1, 0.15) is 31.2 Å². The van der Waals surface area contributed by atoms with Crippen LogP contribution in [0.25, 0.3) is 49.0 Å². The normalized spacial score (nSPS) is 16.0. The van der Waals surface area contributed by atoms with Gasteiger partial charge in [0, 0.05) is 22.8 Å². The second-order valence-electron chi connectivity index (χ2n) is 10.2. The molecule has 0 atom stereocenters. The Labute approximate surface area is 224 Å². The highest BCUT2D eigenvalue weighted by Crippen LogP contribution is 2.45. The third-order valence-corrected chi connectivity index (χ3v) is 7.85. The monoisotopic (exact) mass is 518 g/mol. The van der Waals surface area contributed by atoms with Crippen molar-refractivity contribution in [3.8, 4) is 16.9 Å². The third kappa shape index (κ3) is 4.11. The molecule has 0 saturated heterocycles. The molecule has 192 valence electrons. The lowest BCUT2D eigenvalue weighted by Gasteiger charge is -2.21. The van der Waals surface area contributed by atoms with E-state index in [4.69, 9.17) is 4.74 Å². The molecule has 0 fully saturated rings. The molecule has 0 aromatic heterocycles. The molecule has 0 N–H and O–H groups in total. The van der Waals surface area contributed by atoms with Crippen molar-refractivity contribution in [2.75, 3.05) is 0 Å². The van der Waals surface area contributed by atoms with Crippen molar-refractivity contribution in [1.82, 2.24) is 0 Å². The SMILES string of the molecule is FC(F)(F)C1=CC=C(Oc2ccc3ccc4c(-c5ccccc5)cc(C5=CCCC=C5)c5ccc2c3c54)CC1. The fourth-order valence-electron chi connectivity index (χ4n) is 5.95. The highest BCUT2D eigenvalue weighted by Gasteiger charge is 2.34. The smallest absolute Gasteiger partial charge is 0.412 e. The van der Waals surface area contributed by atoms with Gasteiger partial charge >= 0.3 is 6.18 Å². The Morgan fingerprint density at radius 1 is 0.692 bits per heavy atom. The van der Waals surface area contributed by atoms with Crippen LogP contribution in [0.4, 0.5) is 13.2 Å². The van der Waals surface area contributed by atoms with Crippen LogP contribution in [0.2, 0.25) is 0 Å². The van der Waals surface area contributed by atoms with Crippen molar-refractivity contribution in [2.45, 2.75) is 31.9 Å². The fourth-order valence-corrected chi connectivity index (χ4v) is 5.95. The van der Waals surface area contributed by atoms with Crippen molar-refractivity contribution in [2.24, 2.45) is 0 Å². The zero-order valence-corrected chi connectivity index (χ0v) is 21.2. The van der Waals surface area contributed by atoms with Gasteiger partial charge < -0.3 is 4.74 Å². The van der Waals surface area contributed by atoms with Crippen LogP contribution < -0.4 is 4.74 Å². The Morgan fingerprint density at radius 2 is 1.46 bits per heavy atom. The first-order chi connectivity index (χ1) is 19.0. The molecule has 0 radical (unpaired) electrons. The molecule has 7 rings (SSSR count). The van der Waals surface area contributed by atoms with Gasteiger partial charge in [0.15, 0.2) is 0 Å². The standard InChI is InChI=1S/C35H25F3O/c36-35(37,38)25-13-15-26(16-14-25)39-32-20-12-24-11-17-27-30(22-7-3-1-4-8-22)21-31(23-9-5-2-6-10-23)28-18-19-29(32)33(24)34(27)28/h1,3-5,7-13,15,17-21H,2,6,14,16H2. The highest BCUT2D eigenvalue weighted by molar-refractivity contribution is 6.28. The van der Waals surface area contributed by atoms with Crippen LogP contribution in [0.5, 0.6) is 5.75 Å². The molecule has 39 heavy (non-hydrogen) atoms. The van der Waals surface area contributed by atoms with E-state index in [1.54, 1.807) is 0 Å². The maximum absolute atomic E-state index is 13.1. The summed E-state index contributed by atoms with van der Waals surface area (Å²) in [6, 6.07) is 25.4. The molecule has 5 aromatic carbocycles. The summed E-state index contributed by atoms with van der Waals surface area (Å²) >= 11 is 0. The van der Waals surface area contributed by atoms with Gasteiger partial charge in [-0.15, -0.1) is 0 Å². The number of benzene rings is 5. The van der Waals surface area contributed by atoms with Gasteiger partial charge in [-0.25, -0.2) is 0 Å². The molecule has 0 amide bonds. The zero-order chi connectivity index (χ0) is 26.6. The summed E-state index contributed by atoms with van der Waals surface area (Å²) in [5, 5.41) is 6.73. The zero-order valence-electron chi connectivity index (χ0n) is 21.2. The molecule has 0 aliphatic heterocycles. The van der Waals surface area contributed by atoms with E-state index in [-0.39, 0.29) is 12.8 Å². The van der Waals surface area contributed by atoms with Crippen molar-refractivity contribution in [3.63, 3.8) is 0 Å². The topological polar surface area (TPSA) is 9.23 Å². The van der Waals surface area contributed by atoms with Crippen molar-refractivity contribution >= 4 is 37.9 Å². The lowest BCUT2D eigenvalue weighted by atomic mass is 9.84. The first-order valence-corrected chi connectivity index (χ1v) is 13.3. The van der Waals surface area contributed by atoms with Crippen LogP contribution in [-0.4, -0.2) is 6.18 Å². The molecule has 5 aromatic rings. The Kier molecular flexibility index (Phi) is 5.59. The van der Waals surface area contributed by atoms with E-state index in [0.717, 1.165) is 40.6 Å². The Hall–Kier alpha value is -4.31. The number of hydrogen-bond acceptors (Lipinski definition) is 1. The van der Waals surface area contributed by atoms with E-state index in [1.165, 1.54) is 38.9 Å². The Balaban J connectivity index is 1.46. The second-order valence-corrected chi connectivity index (χ2v) is 10.2. The minimum atomic E-state index is -4.30. The summed E-state index contributed by atoms with van der Waals surface area (Å²) in [6.07, 6.45) is 7.28. The quantitative estimate of drug-likeness (QED) is 0.215. The molecule has 0 saturated carbocycles. The van der Waals surface area contributed by atoms with Crippen LogP contribution in [0.3, 0.4) is 0 Å². The molecule has 0 unspecified atom stereocenters. The molecular formula is C35H25F3O. The average molecular weight is 519 g/mol. The summed E-state index contributed by atoms with van der Waals surface area (Å²) in [7, 11) is 0. The van der Waals surface area contributed by atoms with Gasteiger partial charge in [-0.2, -0.15) is 13.2 Å². The van der Waals surface area contributed by atoms with Gasteiger partial charge in [-0.1, -0.05) is 78.9 Å². The minimum Gasteiger partial charge on any atom is -0.461 e. The summed E-state index contributed by atoms with van der Waals surface area (Å²) < 4.78 is 45.6. The van der Waals surface area contributed by atoms with Gasteiger partial charge in [0.2, 0.25) is 0 Å². The fraction of sp³-hybridized carbons (Fsp3) is 0.143. The Morgan fingerprint density at radius 3 is 2.21 bits per heavy atom. The first-order valence-electron chi connectivity index (χ1n) is 13.3. The van der Waals surface area contributed by atoms with Crippen LogP contribution in [-0.2, 0) is 0 Å². The molecule has 2 aliphatic carbocycles. The minimum absolute atomic E-state index is 0.0758. The molecule has 4 heteroatoms. The summed E-state index contributed by atoms with van der Waals surface area (Å²) in [5.74, 6) is 1.21. The lowest BCUT2D eigenvalue weighted by molar-refractivity contribution is -0.0942. The number of rotatable bonds is 4. The lowest BCUT2D eigenvalue weighted by Crippen LogP contribution is -2.14. The number of halogens is 3. The summed E-state index contributed by atoms with van der Waals surface area (Å²) in [6.45, 7) is 0. The molecule has 2 aliphatic rings. The molecule has 1 nitrogen and oxygen atoms in total. The van der Waals surface area contributed by atoms with E-state index in [0.29, 0.717) is 11.5 Å². The molecule has 0 spiro atoms. The van der Waals surface area contributed by atoms with Gasteiger partial charge in [0.1, 0.15) is 11.5 Å². The number of alkyl halides is 3. The van der Waals surface area contributed by atoms with Crippen LogP contribution in [0.15, 0.2) is 115 Å². The predicted octanol–water partition coefficient (Wildman–Crippen LogP) is 10.5. The van der Waals surface area contributed by atoms with Crippen LogP contribution in [0, 0.1) is 0 Å².